The fourth-order valence-corrected chi connectivity index (χ4v) is 2.75. The zero-order valence-electron chi connectivity index (χ0n) is 12.1. The van der Waals surface area contributed by atoms with Crippen LogP contribution in [-0.4, -0.2) is 10.9 Å². The normalized spacial score (nSPS) is 10.9. The second kappa shape index (κ2) is 5.67. The number of rotatable bonds is 2. The summed E-state index contributed by atoms with van der Waals surface area (Å²) >= 11 is 12.1. The van der Waals surface area contributed by atoms with Gasteiger partial charge in [-0.2, -0.15) is 0 Å². The van der Waals surface area contributed by atoms with Gasteiger partial charge >= 0.3 is 0 Å². The molecule has 0 fully saturated rings. The van der Waals surface area contributed by atoms with Crippen LogP contribution in [0.5, 0.6) is 0 Å². The van der Waals surface area contributed by atoms with Crippen molar-refractivity contribution in [2.75, 3.05) is 5.32 Å². The summed E-state index contributed by atoms with van der Waals surface area (Å²) in [6.07, 6.45) is 0. The Kier molecular flexibility index (Phi) is 3.85. The lowest BCUT2D eigenvalue weighted by Crippen LogP contribution is -2.12. The van der Waals surface area contributed by atoms with Crippen molar-refractivity contribution in [3.05, 3.63) is 63.3 Å². The van der Waals surface area contributed by atoms with Crippen LogP contribution in [0.15, 0.2) is 36.4 Å². The molecule has 1 heterocycles. The van der Waals surface area contributed by atoms with Crippen LogP contribution in [0.4, 0.5) is 5.69 Å². The lowest BCUT2D eigenvalue weighted by Gasteiger charge is -2.08. The van der Waals surface area contributed by atoms with Gasteiger partial charge in [0.25, 0.3) is 5.91 Å². The van der Waals surface area contributed by atoms with Crippen molar-refractivity contribution in [2.45, 2.75) is 13.8 Å². The van der Waals surface area contributed by atoms with Crippen LogP contribution in [0.2, 0.25) is 10.0 Å². The number of H-pyrrole nitrogens is 1. The van der Waals surface area contributed by atoms with Crippen molar-refractivity contribution in [3.8, 4) is 0 Å². The first kappa shape index (κ1) is 14.9. The van der Waals surface area contributed by atoms with E-state index in [2.05, 4.69) is 10.3 Å². The van der Waals surface area contributed by atoms with Crippen molar-refractivity contribution in [1.82, 2.24) is 4.98 Å². The first-order valence-corrected chi connectivity index (χ1v) is 7.57. The fourth-order valence-electron chi connectivity index (χ4n) is 2.40. The van der Waals surface area contributed by atoms with E-state index in [1.807, 2.05) is 26.0 Å². The molecule has 3 nitrogen and oxygen atoms in total. The van der Waals surface area contributed by atoms with Gasteiger partial charge in [-0.05, 0) is 49.7 Å². The average molecular weight is 333 g/mol. The van der Waals surface area contributed by atoms with Gasteiger partial charge in [0.1, 0.15) is 0 Å². The van der Waals surface area contributed by atoms with Crippen LogP contribution in [-0.2, 0) is 0 Å². The minimum absolute atomic E-state index is 0.218. The van der Waals surface area contributed by atoms with Crippen LogP contribution < -0.4 is 5.32 Å². The topological polar surface area (TPSA) is 44.9 Å². The van der Waals surface area contributed by atoms with Crippen LogP contribution in [0.25, 0.3) is 10.9 Å². The summed E-state index contributed by atoms with van der Waals surface area (Å²) < 4.78 is 0. The Morgan fingerprint density at radius 3 is 2.68 bits per heavy atom. The number of carbonyl (C=O) groups excluding carboxylic acids is 1. The molecule has 0 unspecified atom stereocenters. The molecule has 0 radical (unpaired) electrons. The first-order valence-electron chi connectivity index (χ1n) is 6.81. The summed E-state index contributed by atoms with van der Waals surface area (Å²) in [6, 6.07) is 10.7. The van der Waals surface area contributed by atoms with Crippen LogP contribution in [0.3, 0.4) is 0 Å². The standard InChI is InChI=1S/C17H14Cl2N2O/c1-9-10(2)20-14-7-6-11(8-12(9)14)17(22)21-15-5-3-4-13(18)16(15)19/h3-8,20H,1-2H3,(H,21,22). The number of halogens is 2. The number of amides is 1. The second-order valence-corrected chi connectivity index (χ2v) is 5.98. The van der Waals surface area contributed by atoms with Crippen LogP contribution in [0, 0.1) is 13.8 Å². The van der Waals surface area contributed by atoms with Crippen molar-refractivity contribution in [2.24, 2.45) is 0 Å². The molecule has 0 aliphatic carbocycles. The van der Waals surface area contributed by atoms with E-state index >= 15 is 0 Å². The number of benzene rings is 2. The SMILES string of the molecule is Cc1[nH]c2ccc(C(=O)Nc3cccc(Cl)c3Cl)cc2c1C. The predicted octanol–water partition coefficient (Wildman–Crippen LogP) is 5.34. The molecular formula is C17H14Cl2N2O. The van der Waals surface area contributed by atoms with E-state index < -0.39 is 0 Å². The van der Waals surface area contributed by atoms with Gasteiger partial charge in [0.05, 0.1) is 15.7 Å². The largest absolute Gasteiger partial charge is 0.358 e. The number of nitrogens with one attached hydrogen (secondary N) is 2. The summed E-state index contributed by atoms with van der Waals surface area (Å²) in [5.74, 6) is -0.218. The van der Waals surface area contributed by atoms with E-state index in [4.69, 9.17) is 23.2 Å². The number of hydrogen-bond donors (Lipinski definition) is 2. The molecule has 3 aromatic rings. The van der Waals surface area contributed by atoms with Crippen molar-refractivity contribution in [1.29, 1.82) is 0 Å². The summed E-state index contributed by atoms with van der Waals surface area (Å²) in [4.78, 5) is 15.7. The monoisotopic (exact) mass is 332 g/mol. The lowest BCUT2D eigenvalue weighted by atomic mass is 10.1. The number of carbonyl (C=O) groups is 1. The number of anilines is 1. The molecule has 112 valence electrons. The van der Waals surface area contributed by atoms with Crippen LogP contribution >= 0.6 is 23.2 Å². The number of aryl methyl sites for hydroxylation is 2. The van der Waals surface area contributed by atoms with Gasteiger partial charge in [-0.25, -0.2) is 0 Å². The van der Waals surface area contributed by atoms with Gasteiger partial charge in [0.15, 0.2) is 0 Å². The Labute approximate surface area is 138 Å². The van der Waals surface area contributed by atoms with Gasteiger partial charge in [0, 0.05) is 22.2 Å². The third-order valence-corrected chi connectivity index (χ3v) is 4.59. The highest BCUT2D eigenvalue weighted by atomic mass is 35.5. The quantitative estimate of drug-likeness (QED) is 0.653. The van der Waals surface area contributed by atoms with E-state index in [-0.39, 0.29) is 5.91 Å². The van der Waals surface area contributed by atoms with Gasteiger partial charge in [-0.15, -0.1) is 0 Å². The van der Waals surface area contributed by atoms with E-state index in [0.29, 0.717) is 21.3 Å². The molecule has 0 atom stereocenters. The third-order valence-electron chi connectivity index (χ3n) is 3.77. The fraction of sp³-hybridized carbons (Fsp3) is 0.118. The zero-order valence-corrected chi connectivity index (χ0v) is 13.6. The minimum atomic E-state index is -0.218. The number of fused-ring (bicyclic) bond motifs is 1. The van der Waals surface area contributed by atoms with Crippen molar-refractivity contribution < 1.29 is 4.79 Å². The summed E-state index contributed by atoms with van der Waals surface area (Å²) in [5.41, 5.74) is 4.34. The molecule has 22 heavy (non-hydrogen) atoms. The van der Waals surface area contributed by atoms with Crippen molar-refractivity contribution >= 4 is 45.7 Å². The molecular weight excluding hydrogens is 319 g/mol. The lowest BCUT2D eigenvalue weighted by molar-refractivity contribution is 0.102. The highest BCUT2D eigenvalue weighted by Gasteiger charge is 2.12. The summed E-state index contributed by atoms with van der Waals surface area (Å²) in [5, 5.41) is 4.59. The van der Waals surface area contributed by atoms with Gasteiger partial charge < -0.3 is 10.3 Å². The Hall–Kier alpha value is -1.97. The molecule has 0 aliphatic rings. The maximum absolute atomic E-state index is 12.4. The zero-order chi connectivity index (χ0) is 15.9. The molecule has 1 amide bonds. The third kappa shape index (κ3) is 2.58. The Bertz CT molecular complexity index is 884. The Morgan fingerprint density at radius 1 is 1.14 bits per heavy atom. The highest BCUT2D eigenvalue weighted by molar-refractivity contribution is 6.44. The number of hydrogen-bond acceptors (Lipinski definition) is 1. The average Bonchev–Trinajstić information content (AvgIpc) is 2.78. The number of aromatic nitrogens is 1. The van der Waals surface area contributed by atoms with E-state index in [1.54, 1.807) is 24.3 Å². The molecule has 3 rings (SSSR count). The molecule has 1 aromatic heterocycles. The molecule has 0 aliphatic heterocycles. The maximum atomic E-state index is 12.4. The Morgan fingerprint density at radius 2 is 1.91 bits per heavy atom. The molecule has 0 bridgehead atoms. The molecule has 2 N–H and O–H groups in total. The van der Waals surface area contributed by atoms with E-state index in [1.165, 1.54) is 0 Å². The molecule has 5 heteroatoms. The highest BCUT2D eigenvalue weighted by Crippen LogP contribution is 2.30. The molecule has 0 saturated heterocycles. The van der Waals surface area contributed by atoms with E-state index in [9.17, 15) is 4.79 Å². The summed E-state index contributed by atoms with van der Waals surface area (Å²) in [6.45, 7) is 4.05. The molecule has 0 saturated carbocycles. The van der Waals surface area contributed by atoms with Crippen LogP contribution in [0.1, 0.15) is 21.6 Å². The van der Waals surface area contributed by atoms with Gasteiger partial charge in [0.2, 0.25) is 0 Å². The Balaban J connectivity index is 1.95. The second-order valence-electron chi connectivity index (χ2n) is 5.19. The van der Waals surface area contributed by atoms with Gasteiger partial charge in [-0.1, -0.05) is 29.3 Å². The van der Waals surface area contributed by atoms with Crippen molar-refractivity contribution in [3.63, 3.8) is 0 Å². The molecule has 0 spiro atoms. The molecule has 2 aromatic carbocycles. The first-order chi connectivity index (χ1) is 10.5. The van der Waals surface area contributed by atoms with Gasteiger partial charge in [-0.3, -0.25) is 4.79 Å². The minimum Gasteiger partial charge on any atom is -0.358 e. The maximum Gasteiger partial charge on any atom is 0.255 e. The van der Waals surface area contributed by atoms with E-state index in [0.717, 1.165) is 22.2 Å². The smallest absolute Gasteiger partial charge is 0.255 e. The predicted molar refractivity (Wildman–Crippen MR) is 92.2 cm³/mol. The number of aromatic amines is 1. The summed E-state index contributed by atoms with van der Waals surface area (Å²) in [7, 11) is 0.